The maximum absolute atomic E-state index is 13.3. The third-order valence-electron chi connectivity index (χ3n) is 4.05. The molecule has 2 nitrogen and oxygen atoms in total. The normalized spacial score (nSPS) is 24.9. The maximum Gasteiger partial charge on any atom is 0.126 e. The summed E-state index contributed by atoms with van der Waals surface area (Å²) in [6, 6.07) is 4.51. The quantitative estimate of drug-likeness (QED) is 0.896. The van der Waals surface area contributed by atoms with E-state index < -0.39 is 11.6 Å². The van der Waals surface area contributed by atoms with Gasteiger partial charge >= 0.3 is 0 Å². The summed E-state index contributed by atoms with van der Waals surface area (Å²) in [5.41, 5.74) is 0.870. The molecule has 0 saturated carbocycles. The molecule has 1 aliphatic heterocycles. The van der Waals surface area contributed by atoms with Crippen LogP contribution in [0, 0.1) is 17.0 Å². The highest BCUT2D eigenvalue weighted by molar-refractivity contribution is 5.18. The Morgan fingerprint density at radius 2 is 1.80 bits per heavy atom. The summed E-state index contributed by atoms with van der Waals surface area (Å²) in [6.07, 6.45) is 0. The summed E-state index contributed by atoms with van der Waals surface area (Å²) < 4.78 is 26.5. The Bertz CT molecular complexity index is 448. The molecule has 4 heteroatoms. The third kappa shape index (κ3) is 3.76. The number of halogens is 2. The fourth-order valence-corrected chi connectivity index (χ4v) is 2.66. The Hall–Kier alpha value is -1.00. The van der Waals surface area contributed by atoms with E-state index in [4.69, 9.17) is 0 Å². The van der Waals surface area contributed by atoms with E-state index >= 15 is 0 Å². The van der Waals surface area contributed by atoms with Gasteiger partial charge in [0.25, 0.3) is 0 Å². The van der Waals surface area contributed by atoms with Crippen molar-refractivity contribution in [2.45, 2.75) is 46.3 Å². The first kappa shape index (κ1) is 15.4. The van der Waals surface area contributed by atoms with Gasteiger partial charge in [-0.2, -0.15) is 0 Å². The van der Waals surface area contributed by atoms with E-state index in [1.165, 1.54) is 12.1 Å². The fourth-order valence-electron chi connectivity index (χ4n) is 2.66. The van der Waals surface area contributed by atoms with Gasteiger partial charge in [-0.3, -0.25) is 4.90 Å². The molecule has 0 aromatic heterocycles. The van der Waals surface area contributed by atoms with Crippen LogP contribution >= 0.6 is 0 Å². The van der Waals surface area contributed by atoms with Crippen molar-refractivity contribution >= 4 is 0 Å². The van der Waals surface area contributed by atoms with Crippen LogP contribution in [0.4, 0.5) is 8.78 Å². The fraction of sp³-hybridized carbons (Fsp3) is 0.625. The lowest BCUT2D eigenvalue weighted by Gasteiger charge is -2.44. The van der Waals surface area contributed by atoms with Crippen molar-refractivity contribution in [3.63, 3.8) is 0 Å². The van der Waals surface area contributed by atoms with Crippen LogP contribution in [0.25, 0.3) is 0 Å². The predicted octanol–water partition coefficient (Wildman–Crippen LogP) is 3.17. The molecule has 0 aliphatic carbocycles. The second-order valence-corrected chi connectivity index (χ2v) is 6.88. The number of nitrogens with one attached hydrogen (secondary N) is 1. The lowest BCUT2D eigenvalue weighted by atomic mass is 9.84. The van der Waals surface area contributed by atoms with Crippen molar-refractivity contribution in [1.29, 1.82) is 0 Å². The third-order valence-corrected chi connectivity index (χ3v) is 4.05. The number of benzene rings is 1. The molecular weight excluding hydrogens is 258 g/mol. The first-order valence-electron chi connectivity index (χ1n) is 7.18. The van der Waals surface area contributed by atoms with Gasteiger partial charge in [-0.1, -0.05) is 20.8 Å². The topological polar surface area (TPSA) is 15.3 Å². The van der Waals surface area contributed by atoms with Gasteiger partial charge in [0.2, 0.25) is 0 Å². The molecule has 0 amide bonds. The van der Waals surface area contributed by atoms with Crippen molar-refractivity contribution in [2.75, 3.05) is 13.1 Å². The average Bonchev–Trinajstić information content (AvgIpc) is 2.29. The summed E-state index contributed by atoms with van der Waals surface area (Å²) in [7, 11) is 0. The van der Waals surface area contributed by atoms with E-state index in [1.807, 2.05) is 0 Å². The van der Waals surface area contributed by atoms with Gasteiger partial charge in [-0.25, -0.2) is 8.78 Å². The van der Waals surface area contributed by atoms with E-state index in [1.54, 1.807) is 0 Å². The average molecular weight is 282 g/mol. The molecule has 1 aromatic carbocycles. The zero-order valence-electron chi connectivity index (χ0n) is 12.7. The standard InChI is InChI=1S/C16H24F2N2/c1-11-8-19-15(16(2,3)4)10-20(11)9-12-5-13(17)7-14(18)6-12/h5-7,11,15,19H,8-10H2,1-4H3. The first-order chi connectivity index (χ1) is 9.25. The molecule has 112 valence electrons. The molecule has 20 heavy (non-hydrogen) atoms. The minimum atomic E-state index is -0.504. The van der Waals surface area contributed by atoms with Crippen molar-refractivity contribution in [2.24, 2.45) is 5.41 Å². The van der Waals surface area contributed by atoms with Crippen molar-refractivity contribution in [1.82, 2.24) is 10.2 Å². The Kier molecular flexibility index (Phi) is 4.45. The zero-order chi connectivity index (χ0) is 14.9. The van der Waals surface area contributed by atoms with E-state index in [-0.39, 0.29) is 5.41 Å². The lowest BCUT2D eigenvalue weighted by Crippen LogP contribution is -2.59. The lowest BCUT2D eigenvalue weighted by molar-refractivity contribution is 0.0876. The van der Waals surface area contributed by atoms with Crippen LogP contribution in [0.1, 0.15) is 33.3 Å². The van der Waals surface area contributed by atoms with E-state index in [2.05, 4.69) is 37.9 Å². The van der Waals surface area contributed by atoms with E-state index in [9.17, 15) is 8.78 Å². The highest BCUT2D eigenvalue weighted by Crippen LogP contribution is 2.24. The highest BCUT2D eigenvalue weighted by Gasteiger charge is 2.32. The number of piperazine rings is 1. The van der Waals surface area contributed by atoms with Gasteiger partial charge in [0.15, 0.2) is 0 Å². The van der Waals surface area contributed by atoms with Crippen LogP contribution in [0.2, 0.25) is 0 Å². The van der Waals surface area contributed by atoms with E-state index in [0.29, 0.717) is 24.2 Å². The molecule has 2 rings (SSSR count). The summed E-state index contributed by atoms with van der Waals surface area (Å²) in [5, 5.41) is 3.56. The number of hydrogen-bond acceptors (Lipinski definition) is 2. The van der Waals surface area contributed by atoms with Crippen molar-refractivity contribution < 1.29 is 8.78 Å². The van der Waals surface area contributed by atoms with Gasteiger partial charge in [-0.05, 0) is 30.0 Å². The van der Waals surface area contributed by atoms with E-state index in [0.717, 1.165) is 19.2 Å². The molecule has 1 N–H and O–H groups in total. The van der Waals surface area contributed by atoms with Gasteiger partial charge in [0.05, 0.1) is 0 Å². The Morgan fingerprint density at radius 3 is 2.35 bits per heavy atom. The van der Waals surface area contributed by atoms with Gasteiger partial charge in [-0.15, -0.1) is 0 Å². The van der Waals surface area contributed by atoms with Crippen LogP contribution in [0.5, 0.6) is 0 Å². The number of nitrogens with zero attached hydrogens (tertiary/aromatic N) is 1. The predicted molar refractivity (Wildman–Crippen MR) is 77.5 cm³/mol. The minimum absolute atomic E-state index is 0.172. The monoisotopic (exact) mass is 282 g/mol. The molecule has 2 unspecified atom stereocenters. The first-order valence-corrected chi connectivity index (χ1v) is 7.18. The summed E-state index contributed by atoms with van der Waals surface area (Å²) in [5.74, 6) is -1.01. The summed E-state index contributed by atoms with van der Waals surface area (Å²) >= 11 is 0. The van der Waals surface area contributed by atoms with Crippen molar-refractivity contribution in [3.05, 3.63) is 35.4 Å². The summed E-state index contributed by atoms with van der Waals surface area (Å²) in [4.78, 5) is 2.29. The van der Waals surface area contributed by atoms with Crippen LogP contribution in [-0.2, 0) is 6.54 Å². The van der Waals surface area contributed by atoms with Crippen LogP contribution in [0.3, 0.4) is 0 Å². The van der Waals surface area contributed by atoms with Crippen molar-refractivity contribution in [3.8, 4) is 0 Å². The molecule has 1 heterocycles. The highest BCUT2D eigenvalue weighted by atomic mass is 19.1. The molecule has 0 bridgehead atoms. The van der Waals surface area contributed by atoms with Crippen LogP contribution in [0.15, 0.2) is 18.2 Å². The van der Waals surface area contributed by atoms with Gasteiger partial charge in [0, 0.05) is 37.8 Å². The molecule has 2 atom stereocenters. The number of rotatable bonds is 2. The second kappa shape index (κ2) is 5.78. The molecule has 1 saturated heterocycles. The Balaban J connectivity index is 2.10. The molecular formula is C16H24F2N2. The van der Waals surface area contributed by atoms with Crippen LogP contribution in [-0.4, -0.2) is 30.1 Å². The zero-order valence-corrected chi connectivity index (χ0v) is 12.7. The van der Waals surface area contributed by atoms with Crippen LogP contribution < -0.4 is 5.32 Å². The molecule has 0 radical (unpaired) electrons. The largest absolute Gasteiger partial charge is 0.311 e. The van der Waals surface area contributed by atoms with Gasteiger partial charge in [0.1, 0.15) is 11.6 Å². The Labute approximate surface area is 120 Å². The number of hydrogen-bond donors (Lipinski definition) is 1. The molecule has 0 spiro atoms. The second-order valence-electron chi connectivity index (χ2n) is 6.88. The molecule has 1 aliphatic rings. The minimum Gasteiger partial charge on any atom is -0.311 e. The SMILES string of the molecule is CC1CNC(C(C)(C)C)CN1Cc1cc(F)cc(F)c1. The Morgan fingerprint density at radius 1 is 1.20 bits per heavy atom. The van der Waals surface area contributed by atoms with Gasteiger partial charge < -0.3 is 5.32 Å². The summed E-state index contributed by atoms with van der Waals surface area (Å²) in [6.45, 7) is 11.1. The molecule has 1 fully saturated rings. The maximum atomic E-state index is 13.3. The molecule has 1 aromatic rings. The smallest absolute Gasteiger partial charge is 0.126 e.